The molecule has 326 valence electrons. The number of unbranched alkanes of at least 4 members (excludes halogenated alkanes) is 6. The summed E-state index contributed by atoms with van der Waals surface area (Å²) in [5.74, 6) is 0.801. The average molecular weight is 833 g/mol. The highest BCUT2D eigenvalue weighted by Gasteiger charge is 2.23. The van der Waals surface area contributed by atoms with Gasteiger partial charge < -0.3 is 10.6 Å². The largest absolute Gasteiger partial charge is 0.356 e. The van der Waals surface area contributed by atoms with Crippen molar-refractivity contribution in [1.82, 2.24) is 0 Å². The first-order chi connectivity index (χ1) is 30.5. The number of aryl methyl sites for hydroxylation is 8. The minimum absolute atomic E-state index is 0.394. The van der Waals surface area contributed by atoms with Crippen LogP contribution >= 0.6 is 0 Å². The van der Waals surface area contributed by atoms with E-state index in [-0.39, 0.29) is 0 Å². The van der Waals surface area contributed by atoms with Crippen molar-refractivity contribution in [3.63, 3.8) is 0 Å². The summed E-state index contributed by atoms with van der Waals surface area (Å²) in [5.41, 5.74) is 25.0. The molecule has 0 aromatic heterocycles. The summed E-state index contributed by atoms with van der Waals surface area (Å²) in [6.07, 6.45) is 19.3. The molecular weight excluding hydrogens is 761 g/mol. The van der Waals surface area contributed by atoms with E-state index in [9.17, 15) is 0 Å². The van der Waals surface area contributed by atoms with Crippen molar-refractivity contribution in [3.05, 3.63) is 183 Å². The molecule has 2 unspecified atom stereocenters. The third kappa shape index (κ3) is 11.3. The molecule has 0 heterocycles. The van der Waals surface area contributed by atoms with Crippen LogP contribution in [0.5, 0.6) is 0 Å². The number of hydrogen-bond donors (Lipinski definition) is 2. The van der Waals surface area contributed by atoms with Crippen LogP contribution in [-0.4, -0.2) is 0 Å². The van der Waals surface area contributed by atoms with Gasteiger partial charge in [0.25, 0.3) is 0 Å². The number of nitrogens with one attached hydrogen (secondary N) is 2. The smallest absolute Gasteiger partial charge is 0.0384 e. The third-order valence-electron chi connectivity index (χ3n) is 13.3. The molecular formula is C61H72N2. The molecule has 6 aromatic carbocycles. The first-order valence-electron chi connectivity index (χ1n) is 24.1. The highest BCUT2D eigenvalue weighted by atomic mass is 14.9. The Morgan fingerprint density at radius 2 is 0.889 bits per heavy atom. The van der Waals surface area contributed by atoms with Gasteiger partial charge in [0.1, 0.15) is 0 Å². The summed E-state index contributed by atoms with van der Waals surface area (Å²) in [5, 5.41) is 7.43. The van der Waals surface area contributed by atoms with Gasteiger partial charge in [-0.25, -0.2) is 0 Å². The maximum absolute atomic E-state index is 3.75. The molecule has 2 heteroatoms. The molecule has 7 rings (SSSR count). The molecule has 0 radical (unpaired) electrons. The highest BCUT2D eigenvalue weighted by molar-refractivity contribution is 5.79. The lowest BCUT2D eigenvalue weighted by atomic mass is 9.79. The summed E-state index contributed by atoms with van der Waals surface area (Å²) in [6, 6.07) is 41.6. The molecule has 1 aliphatic carbocycles. The summed E-state index contributed by atoms with van der Waals surface area (Å²) in [7, 11) is 0. The Balaban J connectivity index is 1.12. The normalized spacial score (nSPS) is 14.8. The van der Waals surface area contributed by atoms with Crippen molar-refractivity contribution in [1.29, 1.82) is 0 Å². The van der Waals surface area contributed by atoms with E-state index in [2.05, 4.69) is 200 Å². The van der Waals surface area contributed by atoms with Crippen molar-refractivity contribution in [3.8, 4) is 33.4 Å². The van der Waals surface area contributed by atoms with Gasteiger partial charge in [0.2, 0.25) is 0 Å². The fourth-order valence-electron chi connectivity index (χ4n) is 10.3. The van der Waals surface area contributed by atoms with Gasteiger partial charge in [0, 0.05) is 28.7 Å². The Kier molecular flexibility index (Phi) is 15.3. The van der Waals surface area contributed by atoms with Crippen LogP contribution in [0.4, 0.5) is 17.1 Å². The van der Waals surface area contributed by atoms with Crippen LogP contribution in [-0.2, 0) is 12.8 Å². The van der Waals surface area contributed by atoms with E-state index in [1.807, 2.05) is 0 Å². The van der Waals surface area contributed by atoms with Gasteiger partial charge in [-0.1, -0.05) is 155 Å². The molecule has 6 aromatic rings. The van der Waals surface area contributed by atoms with E-state index in [1.165, 1.54) is 141 Å². The number of benzene rings is 6. The molecule has 0 amide bonds. The summed E-state index contributed by atoms with van der Waals surface area (Å²) >= 11 is 0. The van der Waals surface area contributed by atoms with Gasteiger partial charge in [-0.2, -0.15) is 0 Å². The molecule has 2 N–H and O–H groups in total. The van der Waals surface area contributed by atoms with Crippen molar-refractivity contribution >= 4 is 17.1 Å². The Bertz CT molecular complexity index is 2490. The third-order valence-corrected chi connectivity index (χ3v) is 13.3. The summed E-state index contributed by atoms with van der Waals surface area (Å²) < 4.78 is 0. The van der Waals surface area contributed by atoms with E-state index < -0.39 is 0 Å². The lowest BCUT2D eigenvalue weighted by molar-refractivity contribution is 0.624. The van der Waals surface area contributed by atoms with Crippen LogP contribution < -0.4 is 10.6 Å². The highest BCUT2D eigenvalue weighted by Crippen LogP contribution is 2.39. The van der Waals surface area contributed by atoms with Gasteiger partial charge in [0.05, 0.1) is 0 Å². The fourth-order valence-corrected chi connectivity index (χ4v) is 10.3. The number of anilines is 3. The molecule has 0 saturated carbocycles. The lowest BCUT2D eigenvalue weighted by Gasteiger charge is -2.27. The van der Waals surface area contributed by atoms with Crippen molar-refractivity contribution in [2.24, 2.45) is 5.92 Å². The van der Waals surface area contributed by atoms with E-state index in [1.54, 1.807) is 0 Å². The Labute approximate surface area is 381 Å². The predicted molar refractivity (Wildman–Crippen MR) is 276 cm³/mol. The van der Waals surface area contributed by atoms with E-state index >= 15 is 0 Å². The van der Waals surface area contributed by atoms with Crippen LogP contribution in [0.1, 0.15) is 128 Å². The van der Waals surface area contributed by atoms with Crippen LogP contribution in [0.25, 0.3) is 33.4 Å². The molecule has 0 saturated heterocycles. The zero-order valence-electron chi connectivity index (χ0n) is 39.9. The zero-order chi connectivity index (χ0) is 44.5. The number of hydrogen-bond acceptors (Lipinski definition) is 2. The van der Waals surface area contributed by atoms with Crippen LogP contribution in [0, 0.1) is 47.5 Å². The second kappa shape index (κ2) is 21.2. The molecule has 0 aliphatic heterocycles. The van der Waals surface area contributed by atoms with E-state index in [0.29, 0.717) is 11.8 Å². The minimum Gasteiger partial charge on any atom is -0.356 e. The molecule has 1 aliphatic rings. The van der Waals surface area contributed by atoms with Crippen molar-refractivity contribution < 1.29 is 0 Å². The first kappa shape index (κ1) is 45.4. The van der Waals surface area contributed by atoms with Gasteiger partial charge in [-0.3, -0.25) is 0 Å². The van der Waals surface area contributed by atoms with Crippen molar-refractivity contribution in [2.75, 3.05) is 10.6 Å². The van der Waals surface area contributed by atoms with Gasteiger partial charge in [0.15, 0.2) is 0 Å². The summed E-state index contributed by atoms with van der Waals surface area (Å²) in [4.78, 5) is 0. The zero-order valence-corrected chi connectivity index (χ0v) is 39.9. The first-order valence-corrected chi connectivity index (χ1v) is 24.1. The quantitative estimate of drug-likeness (QED) is 0.0843. The van der Waals surface area contributed by atoms with E-state index in [4.69, 9.17) is 0 Å². The van der Waals surface area contributed by atoms with Crippen molar-refractivity contribution in [2.45, 2.75) is 132 Å². The second-order valence-electron chi connectivity index (χ2n) is 18.7. The van der Waals surface area contributed by atoms with Crippen LogP contribution in [0.2, 0.25) is 0 Å². The van der Waals surface area contributed by atoms with Gasteiger partial charge in [-0.05, 0) is 188 Å². The second-order valence-corrected chi connectivity index (χ2v) is 18.7. The molecule has 2 nitrogen and oxygen atoms in total. The predicted octanol–water partition coefficient (Wildman–Crippen LogP) is 17.8. The summed E-state index contributed by atoms with van der Waals surface area (Å²) in [6.45, 7) is 20.3. The average Bonchev–Trinajstić information content (AvgIpc) is 3.25. The molecule has 0 fully saturated rings. The Morgan fingerprint density at radius 1 is 0.460 bits per heavy atom. The topological polar surface area (TPSA) is 24.1 Å². The van der Waals surface area contributed by atoms with Gasteiger partial charge >= 0.3 is 0 Å². The Morgan fingerprint density at radius 3 is 1.33 bits per heavy atom. The SMILES string of the molecule is CCCCCCc1cc(-c2ccc(Nc3ccc(-c4c(C)cc(C)cc4C)cc3)cc2)c(CCCCCC)cc1-c1ccc(NC2=CC(C)C(c3c(C)cc(C)cc3C)C=C2)cc1. The number of allylic oxidation sites excluding steroid dienone is 3. The standard InChI is InChI=1S/C61H72N2/c1-10-12-14-16-18-51-40-59(49-22-28-55(29-23-49)63-56-32-33-57(43(5)38-56)61-46(8)36-42(4)37-47(61)9)52(19-17-15-13-11-2)39-58(51)48-20-26-53(27-21-48)62-54-30-24-50(25-31-54)60-44(6)34-41(3)35-45(60)7/h20-40,43,57,62-63H,10-19H2,1-9H3. The maximum atomic E-state index is 3.75. The van der Waals surface area contributed by atoms with Crippen LogP contribution in [0.3, 0.4) is 0 Å². The maximum Gasteiger partial charge on any atom is 0.0384 e. The number of rotatable bonds is 18. The molecule has 63 heavy (non-hydrogen) atoms. The Hall–Kier alpha value is -5.60. The van der Waals surface area contributed by atoms with E-state index in [0.717, 1.165) is 29.9 Å². The van der Waals surface area contributed by atoms with Gasteiger partial charge in [-0.15, -0.1) is 0 Å². The molecule has 0 spiro atoms. The van der Waals surface area contributed by atoms with Crippen LogP contribution in [0.15, 0.2) is 133 Å². The lowest BCUT2D eigenvalue weighted by Crippen LogP contribution is -2.14. The fraction of sp³-hybridized carbons (Fsp3) is 0.344. The molecule has 2 atom stereocenters. The molecule has 0 bridgehead atoms. The monoisotopic (exact) mass is 833 g/mol. The minimum atomic E-state index is 0.394.